The molecule has 0 rings (SSSR count). The molecule has 3 unspecified atom stereocenters. The molecule has 0 radical (unpaired) electrons. The topological polar surface area (TPSA) is 86.6 Å². The molecule has 7 nitrogen and oxygen atoms in total. The van der Waals surface area contributed by atoms with Crippen LogP contribution < -0.4 is 0 Å². The molecule has 0 spiro atoms. The standard InChI is InChI=1S/C12H27O4Si.C4H9O.2H2O.Ti/c1-7-10(4)14-17(13,15-11(5)8-2)16-12(6)9-3;1-4(2,3)5;;;/h10-12H,7-9H2,1-6H3;1-3H3;2*1H2;/q2*-1;;;+4/p-2. The molecule has 0 fully saturated rings. The van der Waals surface area contributed by atoms with Crippen LogP contribution in [-0.4, -0.2) is 40.3 Å². The van der Waals surface area contributed by atoms with E-state index in [0.29, 0.717) is 19.3 Å². The minimum atomic E-state index is -5.10. The third kappa shape index (κ3) is 11.2. The summed E-state index contributed by atoms with van der Waals surface area (Å²) in [5.74, 6) is 0. The Balaban J connectivity index is 5.68. The van der Waals surface area contributed by atoms with E-state index in [-0.39, 0.29) is 18.3 Å². The molecule has 0 saturated heterocycles. The molecule has 0 aliphatic heterocycles. The summed E-state index contributed by atoms with van der Waals surface area (Å²) >= 11 is -5.10. The summed E-state index contributed by atoms with van der Waals surface area (Å²) in [6.07, 6.45) is 1.49. The molecule has 0 amide bonds. The van der Waals surface area contributed by atoms with Crippen molar-refractivity contribution in [2.45, 2.75) is 105 Å². The number of hydrogen-bond acceptors (Lipinski definition) is 7. The SMILES string of the molecule is CCC(C)O[Si](OC(C)CC)(OC(C)CC)[O][Ti]([OH])([OH])[O]C(C)(C)C. The Morgan fingerprint density at radius 1 is 0.800 bits per heavy atom. The summed E-state index contributed by atoms with van der Waals surface area (Å²) in [5.41, 5.74) is -0.771. The molecule has 152 valence electrons. The first kappa shape index (κ1) is 25.7. The van der Waals surface area contributed by atoms with Crippen LogP contribution in [0, 0.1) is 0 Å². The predicted molar refractivity (Wildman–Crippen MR) is 94.6 cm³/mol. The maximum absolute atomic E-state index is 10.4. The summed E-state index contributed by atoms with van der Waals surface area (Å²) in [4.78, 5) is 0. The van der Waals surface area contributed by atoms with Gasteiger partial charge >= 0.3 is 160 Å². The van der Waals surface area contributed by atoms with Crippen molar-refractivity contribution in [3.63, 3.8) is 0 Å². The van der Waals surface area contributed by atoms with Crippen LogP contribution in [0.1, 0.15) is 81.6 Å². The molecule has 0 saturated carbocycles. The van der Waals surface area contributed by atoms with E-state index in [9.17, 15) is 7.38 Å². The molecule has 3 atom stereocenters. The molecule has 0 aliphatic rings. The Kier molecular flexibility index (Phi) is 11.1. The van der Waals surface area contributed by atoms with Gasteiger partial charge in [-0.15, -0.1) is 0 Å². The van der Waals surface area contributed by atoms with Gasteiger partial charge in [0.05, 0.1) is 0 Å². The summed E-state index contributed by atoms with van der Waals surface area (Å²) in [5, 5.41) is 0. The van der Waals surface area contributed by atoms with Gasteiger partial charge in [-0.2, -0.15) is 0 Å². The summed E-state index contributed by atoms with van der Waals surface area (Å²) in [6.45, 7) is 16.7. The second-order valence-electron chi connectivity index (χ2n) is 7.38. The molecule has 2 N–H and O–H groups in total. The van der Waals surface area contributed by atoms with E-state index in [0.717, 1.165) is 0 Å². The molecule has 0 aromatic carbocycles. The van der Waals surface area contributed by atoms with Crippen molar-refractivity contribution >= 4 is 9.05 Å². The summed E-state index contributed by atoms with van der Waals surface area (Å²) < 4.78 is 49.9. The fraction of sp³-hybridized carbons (Fsp3) is 1.00. The summed E-state index contributed by atoms with van der Waals surface area (Å²) in [6, 6.07) is 0. The van der Waals surface area contributed by atoms with Gasteiger partial charge in [0.1, 0.15) is 0 Å². The van der Waals surface area contributed by atoms with Crippen LogP contribution in [0.15, 0.2) is 0 Å². The van der Waals surface area contributed by atoms with E-state index in [1.807, 2.05) is 41.5 Å². The van der Waals surface area contributed by atoms with Crippen molar-refractivity contribution in [3.05, 3.63) is 0 Å². The van der Waals surface area contributed by atoms with Crippen LogP contribution in [0.2, 0.25) is 0 Å². The normalized spacial score (nSPS) is 19.3. The summed E-state index contributed by atoms with van der Waals surface area (Å²) in [7, 11) is -3.82. The van der Waals surface area contributed by atoms with E-state index in [1.54, 1.807) is 20.8 Å². The van der Waals surface area contributed by atoms with Crippen molar-refractivity contribution in [1.82, 2.24) is 0 Å². The Morgan fingerprint density at radius 3 is 1.36 bits per heavy atom. The van der Waals surface area contributed by atoms with Gasteiger partial charge in [-0.1, -0.05) is 0 Å². The van der Waals surface area contributed by atoms with Gasteiger partial charge in [0.2, 0.25) is 0 Å². The zero-order valence-corrected chi connectivity index (χ0v) is 19.9. The van der Waals surface area contributed by atoms with Gasteiger partial charge in [-0.05, 0) is 0 Å². The van der Waals surface area contributed by atoms with E-state index < -0.39 is 32.8 Å². The van der Waals surface area contributed by atoms with Crippen LogP contribution in [0.25, 0.3) is 0 Å². The third-order valence-corrected chi connectivity index (χ3v) is 9.84. The van der Waals surface area contributed by atoms with Gasteiger partial charge in [0.25, 0.3) is 0 Å². The Morgan fingerprint density at radius 2 is 1.12 bits per heavy atom. The zero-order chi connectivity index (χ0) is 19.9. The second-order valence-corrected chi connectivity index (χ2v) is 12.3. The molecule has 0 aromatic rings. The predicted octanol–water partition coefficient (Wildman–Crippen LogP) is 3.50. The van der Waals surface area contributed by atoms with Crippen LogP contribution in [-0.2, 0) is 37.7 Å². The van der Waals surface area contributed by atoms with Crippen molar-refractivity contribution in [2.24, 2.45) is 0 Å². The molecule has 0 heterocycles. The fourth-order valence-corrected chi connectivity index (χ4v) is 8.03. The number of hydrogen-bond donors (Lipinski definition) is 2. The van der Waals surface area contributed by atoms with Crippen molar-refractivity contribution in [3.8, 4) is 0 Å². The second kappa shape index (κ2) is 10.8. The molecule has 25 heavy (non-hydrogen) atoms. The van der Waals surface area contributed by atoms with Gasteiger partial charge in [-0.3, -0.25) is 0 Å². The zero-order valence-electron chi connectivity index (χ0n) is 17.3. The maximum atomic E-state index is 10.4. The minimum absolute atomic E-state index is 0.215. The van der Waals surface area contributed by atoms with Gasteiger partial charge < -0.3 is 0 Å². The van der Waals surface area contributed by atoms with Crippen LogP contribution in [0.5, 0.6) is 0 Å². The molecule has 0 aromatic heterocycles. The van der Waals surface area contributed by atoms with Crippen LogP contribution >= 0.6 is 0 Å². The van der Waals surface area contributed by atoms with Crippen molar-refractivity contribution < 1.29 is 45.1 Å². The molecular formula is C16H38O7SiTi. The third-order valence-electron chi connectivity index (χ3n) is 3.46. The van der Waals surface area contributed by atoms with Crippen LogP contribution in [0.3, 0.4) is 0 Å². The van der Waals surface area contributed by atoms with E-state index in [4.69, 9.17) is 19.6 Å². The monoisotopic (exact) mass is 418 g/mol. The fourth-order valence-electron chi connectivity index (χ4n) is 1.73. The molecule has 0 bridgehead atoms. The number of rotatable bonds is 12. The Labute approximate surface area is 159 Å². The van der Waals surface area contributed by atoms with Gasteiger partial charge in [0.15, 0.2) is 0 Å². The molecule has 9 heteroatoms. The van der Waals surface area contributed by atoms with E-state index in [1.165, 1.54) is 0 Å². The van der Waals surface area contributed by atoms with E-state index in [2.05, 4.69) is 0 Å². The van der Waals surface area contributed by atoms with E-state index >= 15 is 0 Å². The first-order valence-electron chi connectivity index (χ1n) is 9.16. The first-order chi connectivity index (χ1) is 11.3. The average Bonchev–Trinajstić information content (AvgIpc) is 2.43. The quantitative estimate of drug-likeness (QED) is 0.469. The van der Waals surface area contributed by atoms with Crippen molar-refractivity contribution in [2.75, 3.05) is 0 Å². The molecular weight excluding hydrogens is 380 g/mol. The Bertz CT molecular complexity index is 345. The molecule has 0 aliphatic carbocycles. The van der Waals surface area contributed by atoms with Gasteiger partial charge in [0, 0.05) is 0 Å². The van der Waals surface area contributed by atoms with Gasteiger partial charge in [-0.25, -0.2) is 0 Å². The Hall–Kier alpha value is 0.651. The first-order valence-corrected chi connectivity index (χ1v) is 13.5. The van der Waals surface area contributed by atoms with Crippen molar-refractivity contribution in [1.29, 1.82) is 0 Å². The van der Waals surface area contributed by atoms with Crippen LogP contribution in [0.4, 0.5) is 0 Å². The average molecular weight is 418 g/mol.